The normalized spacial score (nSPS) is 22.4. The van der Waals surface area contributed by atoms with Gasteiger partial charge in [0.25, 0.3) is 5.91 Å². The predicted molar refractivity (Wildman–Crippen MR) is 121 cm³/mol. The maximum absolute atomic E-state index is 14.1. The molecule has 2 atom stereocenters. The molecule has 6 heteroatoms. The van der Waals surface area contributed by atoms with Gasteiger partial charge in [-0.05, 0) is 48.1 Å². The van der Waals surface area contributed by atoms with Crippen LogP contribution in [0, 0.1) is 0 Å². The third-order valence-electron chi connectivity index (χ3n) is 7.21. The monoisotopic (exact) mass is 434 g/mol. The van der Waals surface area contributed by atoms with E-state index in [1.165, 1.54) is 5.56 Å². The highest BCUT2D eigenvalue weighted by Gasteiger charge is 2.48. The highest BCUT2D eigenvalue weighted by Crippen LogP contribution is 2.49. The second kappa shape index (κ2) is 8.49. The van der Waals surface area contributed by atoms with Crippen LogP contribution in [-0.2, 0) is 11.2 Å². The fraction of sp³-hybridized carbons (Fsp3) is 0.462. The summed E-state index contributed by atoms with van der Waals surface area (Å²) < 4.78 is 11.0. The second-order valence-electron chi connectivity index (χ2n) is 8.90. The number of hydrogen-bond acceptors (Lipinski definition) is 4. The molecule has 0 aliphatic carbocycles. The van der Waals surface area contributed by atoms with Gasteiger partial charge in [0, 0.05) is 25.2 Å². The zero-order chi connectivity index (χ0) is 22.2. The molecule has 3 aliphatic heterocycles. The number of hydrogen-bond donors (Lipinski definition) is 0. The Labute approximate surface area is 189 Å². The van der Waals surface area contributed by atoms with E-state index in [-0.39, 0.29) is 17.9 Å². The van der Waals surface area contributed by atoms with Crippen molar-refractivity contribution in [3.05, 3.63) is 58.7 Å². The van der Waals surface area contributed by atoms with Crippen molar-refractivity contribution in [2.24, 2.45) is 0 Å². The van der Waals surface area contributed by atoms with E-state index in [4.69, 9.17) is 9.47 Å². The third kappa shape index (κ3) is 3.33. The first-order chi connectivity index (χ1) is 15.6. The Hall–Kier alpha value is -3.02. The van der Waals surface area contributed by atoms with Gasteiger partial charge < -0.3 is 19.3 Å². The van der Waals surface area contributed by atoms with Gasteiger partial charge in [-0.25, -0.2) is 0 Å². The van der Waals surface area contributed by atoms with Crippen molar-refractivity contribution >= 4 is 11.8 Å². The standard InChI is InChI=1S/C26H30N2O4/c1-31-21-15-19-20(16-22(21)32-2)25(29)28-14-11-17-9-5-6-10-18(17)24(28)23(19)26(30)27-12-7-3-4-8-13-27/h5-6,9-10,15-16,23-24H,3-4,7-8,11-14H2,1-2H3/t23-,24+/m1/s1. The first-order valence-corrected chi connectivity index (χ1v) is 11.6. The van der Waals surface area contributed by atoms with Crippen LogP contribution in [0.5, 0.6) is 11.5 Å². The second-order valence-corrected chi connectivity index (χ2v) is 8.90. The van der Waals surface area contributed by atoms with Crippen molar-refractivity contribution in [3.8, 4) is 11.5 Å². The van der Waals surface area contributed by atoms with E-state index in [0.29, 0.717) is 23.6 Å². The highest BCUT2D eigenvalue weighted by atomic mass is 16.5. The van der Waals surface area contributed by atoms with Crippen LogP contribution < -0.4 is 9.47 Å². The largest absolute Gasteiger partial charge is 0.493 e. The van der Waals surface area contributed by atoms with Crippen molar-refractivity contribution in [1.29, 1.82) is 0 Å². The van der Waals surface area contributed by atoms with E-state index in [0.717, 1.165) is 56.3 Å². The van der Waals surface area contributed by atoms with Crippen LogP contribution in [0.4, 0.5) is 0 Å². The van der Waals surface area contributed by atoms with Crippen molar-refractivity contribution in [2.75, 3.05) is 33.9 Å². The number of benzene rings is 2. The molecule has 0 saturated carbocycles. The van der Waals surface area contributed by atoms with Crippen LogP contribution in [0.2, 0.25) is 0 Å². The molecule has 168 valence electrons. The number of carbonyl (C=O) groups is 2. The summed E-state index contributed by atoms with van der Waals surface area (Å²) in [6.45, 7) is 2.17. The molecule has 3 aliphatic rings. The molecule has 0 unspecified atom stereocenters. The summed E-state index contributed by atoms with van der Waals surface area (Å²) in [7, 11) is 3.15. The van der Waals surface area contributed by atoms with Crippen molar-refractivity contribution < 1.29 is 19.1 Å². The number of rotatable bonds is 3. The smallest absolute Gasteiger partial charge is 0.254 e. The van der Waals surface area contributed by atoms with Gasteiger partial charge in [0.15, 0.2) is 11.5 Å². The van der Waals surface area contributed by atoms with Crippen LogP contribution in [0.1, 0.15) is 64.7 Å². The molecule has 1 fully saturated rings. The molecule has 6 nitrogen and oxygen atoms in total. The summed E-state index contributed by atoms with van der Waals surface area (Å²) in [5.74, 6) is 0.670. The number of likely N-dealkylation sites (tertiary alicyclic amines) is 1. The lowest BCUT2D eigenvalue weighted by Crippen LogP contribution is -2.51. The van der Waals surface area contributed by atoms with Crippen molar-refractivity contribution in [2.45, 2.75) is 44.1 Å². The van der Waals surface area contributed by atoms with Gasteiger partial charge in [0.1, 0.15) is 0 Å². The lowest BCUT2D eigenvalue weighted by Gasteiger charge is -2.46. The van der Waals surface area contributed by atoms with E-state index in [2.05, 4.69) is 12.1 Å². The zero-order valence-corrected chi connectivity index (χ0v) is 18.8. The number of amides is 2. The predicted octanol–water partition coefficient (Wildman–Crippen LogP) is 3.94. The Kier molecular flexibility index (Phi) is 5.53. The average molecular weight is 435 g/mol. The maximum atomic E-state index is 14.1. The minimum Gasteiger partial charge on any atom is -0.493 e. The zero-order valence-electron chi connectivity index (χ0n) is 18.8. The fourth-order valence-corrected chi connectivity index (χ4v) is 5.60. The lowest BCUT2D eigenvalue weighted by atomic mass is 9.75. The first kappa shape index (κ1) is 20.9. The summed E-state index contributed by atoms with van der Waals surface area (Å²) in [5, 5.41) is 0. The highest BCUT2D eigenvalue weighted by molar-refractivity contribution is 6.02. The van der Waals surface area contributed by atoms with Crippen molar-refractivity contribution in [1.82, 2.24) is 9.80 Å². The third-order valence-corrected chi connectivity index (χ3v) is 7.21. The van der Waals surface area contributed by atoms with Gasteiger partial charge in [0.05, 0.1) is 26.2 Å². The molecule has 3 heterocycles. The number of fused-ring (bicyclic) bond motifs is 4. The van der Waals surface area contributed by atoms with E-state index < -0.39 is 5.92 Å². The van der Waals surface area contributed by atoms with Gasteiger partial charge in [-0.15, -0.1) is 0 Å². The van der Waals surface area contributed by atoms with Gasteiger partial charge in [-0.1, -0.05) is 37.1 Å². The number of carbonyl (C=O) groups excluding carboxylic acids is 2. The van der Waals surface area contributed by atoms with E-state index in [1.807, 2.05) is 28.0 Å². The number of ether oxygens (including phenoxy) is 2. The maximum Gasteiger partial charge on any atom is 0.254 e. The summed E-state index contributed by atoms with van der Waals surface area (Å²) in [6, 6.07) is 11.5. The van der Waals surface area contributed by atoms with E-state index >= 15 is 0 Å². The minimum atomic E-state index is -0.456. The lowest BCUT2D eigenvalue weighted by molar-refractivity contribution is -0.134. The Morgan fingerprint density at radius 1 is 0.906 bits per heavy atom. The molecule has 5 rings (SSSR count). The number of methoxy groups -OCH3 is 2. The van der Waals surface area contributed by atoms with Gasteiger partial charge in [0.2, 0.25) is 5.91 Å². The average Bonchev–Trinajstić information content (AvgIpc) is 3.13. The quantitative estimate of drug-likeness (QED) is 0.734. The van der Waals surface area contributed by atoms with Crippen LogP contribution in [-0.4, -0.2) is 55.5 Å². The first-order valence-electron chi connectivity index (χ1n) is 11.6. The topological polar surface area (TPSA) is 59.1 Å². The van der Waals surface area contributed by atoms with Crippen LogP contribution in [0.25, 0.3) is 0 Å². The molecule has 0 spiro atoms. The SMILES string of the molecule is COc1cc2c(cc1OC)[C@@H](C(=O)N1CCCCCC1)[C@@H]1c3ccccc3CCN1C2=O. The number of nitrogens with zero attached hydrogens (tertiary/aromatic N) is 2. The fourth-order valence-electron chi connectivity index (χ4n) is 5.60. The van der Waals surface area contributed by atoms with Crippen molar-refractivity contribution in [3.63, 3.8) is 0 Å². The summed E-state index contributed by atoms with van der Waals surface area (Å²) >= 11 is 0. The molecule has 0 aromatic heterocycles. The molecular formula is C26H30N2O4. The summed E-state index contributed by atoms with van der Waals surface area (Å²) in [4.78, 5) is 31.7. The van der Waals surface area contributed by atoms with E-state index in [9.17, 15) is 9.59 Å². The molecule has 2 amide bonds. The summed E-state index contributed by atoms with van der Waals surface area (Å²) in [5.41, 5.74) is 3.60. The molecular weight excluding hydrogens is 404 g/mol. The molecule has 2 aromatic carbocycles. The van der Waals surface area contributed by atoms with Crippen LogP contribution in [0.15, 0.2) is 36.4 Å². The Balaban J connectivity index is 1.69. The minimum absolute atomic E-state index is 0.0413. The molecule has 32 heavy (non-hydrogen) atoms. The molecule has 0 bridgehead atoms. The van der Waals surface area contributed by atoms with Crippen LogP contribution >= 0.6 is 0 Å². The van der Waals surface area contributed by atoms with Gasteiger partial charge in [-0.2, -0.15) is 0 Å². The Bertz CT molecular complexity index is 1040. The summed E-state index contributed by atoms with van der Waals surface area (Å²) in [6.07, 6.45) is 5.17. The molecule has 0 N–H and O–H groups in total. The molecule has 2 aromatic rings. The van der Waals surface area contributed by atoms with Gasteiger partial charge >= 0.3 is 0 Å². The van der Waals surface area contributed by atoms with Crippen LogP contribution in [0.3, 0.4) is 0 Å². The van der Waals surface area contributed by atoms with E-state index in [1.54, 1.807) is 20.3 Å². The van der Waals surface area contributed by atoms with Gasteiger partial charge in [-0.3, -0.25) is 9.59 Å². The molecule has 1 saturated heterocycles. The Morgan fingerprint density at radius 3 is 2.31 bits per heavy atom. The molecule has 0 radical (unpaired) electrons. The Morgan fingerprint density at radius 2 is 1.59 bits per heavy atom.